The van der Waals surface area contributed by atoms with Crippen LogP contribution in [0.5, 0.6) is 0 Å². The number of alkyl halides is 3. The number of halogens is 3. The van der Waals surface area contributed by atoms with E-state index in [0.29, 0.717) is 10.8 Å². The Balaban J connectivity index is 1.39. The Morgan fingerprint density at radius 2 is 1.62 bits per heavy atom. The monoisotopic (exact) mass is 412 g/mol. The van der Waals surface area contributed by atoms with Crippen LogP contribution in [0.2, 0.25) is 0 Å². The normalized spacial score (nSPS) is 11.6. The lowest BCUT2D eigenvalue weighted by atomic mass is 10.1. The number of rotatable bonds is 5. The second-order valence-corrected chi connectivity index (χ2v) is 7.25. The maximum atomic E-state index is 12.6. The van der Waals surface area contributed by atoms with Gasteiger partial charge in [-0.05, 0) is 42.0 Å². The van der Waals surface area contributed by atoms with Crippen molar-refractivity contribution in [2.75, 3.05) is 0 Å². The molecule has 0 spiro atoms. The third-order valence-electron chi connectivity index (χ3n) is 4.27. The molecule has 8 heteroatoms. The molecule has 4 rings (SSSR count). The molecular weight excluding hydrogens is 397 g/mol. The molecule has 0 aliphatic rings. The molecular formula is C21H15F3N4S. The molecule has 4 aromatic rings. The van der Waals surface area contributed by atoms with Crippen molar-refractivity contribution >= 4 is 11.8 Å². The molecule has 0 amide bonds. The van der Waals surface area contributed by atoms with Gasteiger partial charge in [0.05, 0.1) is 17.6 Å². The zero-order valence-electron chi connectivity index (χ0n) is 15.0. The van der Waals surface area contributed by atoms with Crippen LogP contribution in [0.15, 0.2) is 84.4 Å². The SMILES string of the molecule is FC(F)(F)c1ccc(CSc2ccc(-c3ccc(-n4ccnc4)cc3)nn2)cc1. The quantitative estimate of drug-likeness (QED) is 0.398. The summed E-state index contributed by atoms with van der Waals surface area (Å²) in [6.07, 6.45) is 1.01. The summed E-state index contributed by atoms with van der Waals surface area (Å²) in [6, 6.07) is 16.8. The zero-order chi connectivity index (χ0) is 20.3. The lowest BCUT2D eigenvalue weighted by Crippen LogP contribution is -2.04. The van der Waals surface area contributed by atoms with E-state index in [1.165, 1.54) is 23.9 Å². The van der Waals surface area contributed by atoms with E-state index in [9.17, 15) is 13.2 Å². The average molecular weight is 412 g/mol. The largest absolute Gasteiger partial charge is 0.416 e. The minimum absolute atomic E-state index is 0.520. The standard InChI is InChI=1S/C21H15F3N4S/c22-21(23,24)17-5-1-15(2-6-17)13-29-20-10-9-19(26-27-20)16-3-7-18(8-4-16)28-12-11-25-14-28/h1-12,14H,13H2. The number of thioether (sulfide) groups is 1. The van der Waals surface area contributed by atoms with Crippen LogP contribution < -0.4 is 0 Å². The molecule has 0 radical (unpaired) electrons. The molecule has 0 bridgehead atoms. The van der Waals surface area contributed by atoms with Crippen molar-refractivity contribution in [1.82, 2.24) is 19.7 Å². The Bertz CT molecular complexity index is 1060. The van der Waals surface area contributed by atoms with Crippen molar-refractivity contribution in [2.45, 2.75) is 17.0 Å². The third kappa shape index (κ3) is 4.65. The number of hydrogen-bond donors (Lipinski definition) is 0. The zero-order valence-corrected chi connectivity index (χ0v) is 15.9. The van der Waals surface area contributed by atoms with Crippen molar-refractivity contribution in [3.05, 3.63) is 90.5 Å². The molecule has 0 aliphatic carbocycles. The van der Waals surface area contributed by atoms with Crippen LogP contribution in [0.1, 0.15) is 11.1 Å². The van der Waals surface area contributed by atoms with Crippen molar-refractivity contribution in [2.24, 2.45) is 0 Å². The molecule has 4 nitrogen and oxygen atoms in total. The first-order chi connectivity index (χ1) is 14.0. The number of imidazole rings is 1. The minimum atomic E-state index is -4.32. The predicted molar refractivity (Wildman–Crippen MR) is 106 cm³/mol. The highest BCUT2D eigenvalue weighted by Gasteiger charge is 2.29. The average Bonchev–Trinajstić information content (AvgIpc) is 3.27. The second-order valence-electron chi connectivity index (χ2n) is 6.26. The second kappa shape index (κ2) is 8.08. The molecule has 0 atom stereocenters. The maximum absolute atomic E-state index is 12.6. The number of aromatic nitrogens is 4. The minimum Gasteiger partial charge on any atom is -0.306 e. The number of nitrogens with zero attached hydrogens (tertiary/aromatic N) is 4. The molecule has 0 N–H and O–H groups in total. The summed E-state index contributed by atoms with van der Waals surface area (Å²) < 4.78 is 39.8. The van der Waals surface area contributed by atoms with Gasteiger partial charge in [-0.1, -0.05) is 36.0 Å². The van der Waals surface area contributed by atoms with Crippen LogP contribution in [0.25, 0.3) is 16.9 Å². The van der Waals surface area contributed by atoms with Crippen LogP contribution in [0.3, 0.4) is 0 Å². The van der Waals surface area contributed by atoms with Gasteiger partial charge in [0.25, 0.3) is 0 Å². The third-order valence-corrected chi connectivity index (χ3v) is 5.26. The van der Waals surface area contributed by atoms with Gasteiger partial charge in [0.15, 0.2) is 0 Å². The van der Waals surface area contributed by atoms with Gasteiger partial charge in [0.2, 0.25) is 0 Å². The van der Waals surface area contributed by atoms with Gasteiger partial charge < -0.3 is 4.57 Å². The van der Waals surface area contributed by atoms with E-state index >= 15 is 0 Å². The lowest BCUT2D eigenvalue weighted by molar-refractivity contribution is -0.137. The summed E-state index contributed by atoms with van der Waals surface area (Å²) in [5.74, 6) is 0.520. The van der Waals surface area contributed by atoms with E-state index in [-0.39, 0.29) is 0 Å². The van der Waals surface area contributed by atoms with E-state index in [1.807, 2.05) is 47.2 Å². The van der Waals surface area contributed by atoms with Gasteiger partial charge in [0.1, 0.15) is 5.03 Å². The van der Waals surface area contributed by atoms with Crippen LogP contribution in [0.4, 0.5) is 13.2 Å². The van der Waals surface area contributed by atoms with E-state index < -0.39 is 11.7 Å². The number of benzene rings is 2. The highest BCUT2D eigenvalue weighted by molar-refractivity contribution is 7.98. The van der Waals surface area contributed by atoms with Crippen molar-refractivity contribution in [3.8, 4) is 16.9 Å². The van der Waals surface area contributed by atoms with Gasteiger partial charge >= 0.3 is 6.18 Å². The molecule has 0 aliphatic heterocycles. The summed E-state index contributed by atoms with van der Waals surface area (Å²) in [6.45, 7) is 0. The Morgan fingerprint density at radius 3 is 2.21 bits per heavy atom. The first-order valence-corrected chi connectivity index (χ1v) is 9.69. The summed E-state index contributed by atoms with van der Waals surface area (Å²) in [5.41, 5.74) is 2.85. The van der Waals surface area contributed by atoms with Crippen LogP contribution in [-0.4, -0.2) is 19.7 Å². The van der Waals surface area contributed by atoms with Gasteiger partial charge in [-0.25, -0.2) is 4.98 Å². The molecule has 2 heterocycles. The maximum Gasteiger partial charge on any atom is 0.416 e. The molecule has 0 fully saturated rings. The summed E-state index contributed by atoms with van der Waals surface area (Å²) in [4.78, 5) is 4.03. The molecule has 0 saturated carbocycles. The van der Waals surface area contributed by atoms with E-state index in [4.69, 9.17) is 0 Å². The summed E-state index contributed by atoms with van der Waals surface area (Å²) >= 11 is 1.43. The Morgan fingerprint density at radius 1 is 0.862 bits per heavy atom. The summed E-state index contributed by atoms with van der Waals surface area (Å²) in [7, 11) is 0. The molecule has 29 heavy (non-hydrogen) atoms. The highest BCUT2D eigenvalue weighted by atomic mass is 32.2. The fraction of sp³-hybridized carbons (Fsp3) is 0.0952. The number of hydrogen-bond acceptors (Lipinski definition) is 4. The fourth-order valence-electron chi connectivity index (χ4n) is 2.71. The fourth-order valence-corrected chi connectivity index (χ4v) is 3.48. The van der Waals surface area contributed by atoms with Gasteiger partial charge in [-0.3, -0.25) is 0 Å². The topological polar surface area (TPSA) is 43.6 Å². The molecule has 146 valence electrons. The summed E-state index contributed by atoms with van der Waals surface area (Å²) in [5, 5.41) is 9.19. The Kier molecular flexibility index (Phi) is 5.35. The molecule has 2 aromatic carbocycles. The Labute approximate surface area is 169 Å². The molecule has 0 saturated heterocycles. The van der Waals surface area contributed by atoms with Gasteiger partial charge in [-0.15, -0.1) is 10.2 Å². The van der Waals surface area contributed by atoms with E-state index in [2.05, 4.69) is 15.2 Å². The first kappa shape index (κ1) is 19.2. The van der Waals surface area contributed by atoms with Crippen molar-refractivity contribution < 1.29 is 13.2 Å². The van der Waals surface area contributed by atoms with Crippen LogP contribution in [0, 0.1) is 0 Å². The predicted octanol–water partition coefficient (Wildman–Crippen LogP) is 5.64. The van der Waals surface area contributed by atoms with Gasteiger partial charge in [0, 0.05) is 29.4 Å². The molecule has 0 unspecified atom stereocenters. The molecule has 2 aromatic heterocycles. The van der Waals surface area contributed by atoms with Crippen LogP contribution >= 0.6 is 11.8 Å². The smallest absolute Gasteiger partial charge is 0.306 e. The highest BCUT2D eigenvalue weighted by Crippen LogP contribution is 2.30. The first-order valence-electron chi connectivity index (χ1n) is 8.70. The van der Waals surface area contributed by atoms with Gasteiger partial charge in [-0.2, -0.15) is 13.2 Å². The van der Waals surface area contributed by atoms with Crippen molar-refractivity contribution in [3.63, 3.8) is 0 Å². The Hall–Kier alpha value is -3.13. The lowest BCUT2D eigenvalue weighted by Gasteiger charge is -2.07. The van der Waals surface area contributed by atoms with E-state index in [0.717, 1.165) is 34.6 Å². The van der Waals surface area contributed by atoms with Crippen molar-refractivity contribution in [1.29, 1.82) is 0 Å². The van der Waals surface area contributed by atoms with E-state index in [1.54, 1.807) is 12.5 Å². The van der Waals surface area contributed by atoms with Crippen LogP contribution in [-0.2, 0) is 11.9 Å².